The number of hydrogen-bond acceptors (Lipinski definition) is 2. The Balaban J connectivity index is 1.97. The van der Waals surface area contributed by atoms with Gasteiger partial charge in [-0.1, -0.05) is 48.5 Å². The smallest absolute Gasteiger partial charge is 0.207 e. The Kier molecular flexibility index (Phi) is 3.59. The summed E-state index contributed by atoms with van der Waals surface area (Å²) in [6.07, 6.45) is 1.61. The summed E-state index contributed by atoms with van der Waals surface area (Å²) >= 11 is 0. The first kappa shape index (κ1) is 13.3. The average Bonchev–Trinajstić information content (AvgIpc) is 2.99. The van der Waals surface area contributed by atoms with Crippen molar-refractivity contribution in [3.63, 3.8) is 0 Å². The van der Waals surface area contributed by atoms with Crippen LogP contribution in [0.2, 0.25) is 0 Å². The van der Waals surface area contributed by atoms with Crippen LogP contribution in [0.25, 0.3) is 0 Å². The molecule has 0 aromatic heterocycles. The van der Waals surface area contributed by atoms with Crippen LogP contribution in [0.4, 0.5) is 0 Å². The zero-order valence-corrected chi connectivity index (χ0v) is 11.8. The highest BCUT2D eigenvalue weighted by molar-refractivity contribution is 7.89. The fraction of sp³-hybridized carbons (Fsp3) is 0.188. The molecule has 0 saturated carbocycles. The predicted octanol–water partition coefficient (Wildman–Crippen LogP) is 3.37. The summed E-state index contributed by atoms with van der Waals surface area (Å²) in [5.41, 5.74) is 1.04. The third kappa shape index (κ3) is 2.37. The second kappa shape index (κ2) is 5.38. The Morgan fingerprint density at radius 1 is 0.900 bits per heavy atom. The van der Waals surface area contributed by atoms with Crippen molar-refractivity contribution in [2.45, 2.75) is 23.8 Å². The molecule has 1 aliphatic heterocycles. The van der Waals surface area contributed by atoms with Gasteiger partial charge in [0.15, 0.2) is 0 Å². The van der Waals surface area contributed by atoms with Gasteiger partial charge in [0, 0.05) is 6.54 Å². The van der Waals surface area contributed by atoms with Gasteiger partial charge in [-0.25, -0.2) is 8.42 Å². The minimum absolute atomic E-state index is 0.0959. The highest BCUT2D eigenvalue weighted by Gasteiger charge is 2.36. The molecule has 1 saturated heterocycles. The average molecular weight is 286 g/mol. The van der Waals surface area contributed by atoms with E-state index in [1.54, 1.807) is 30.8 Å². The number of rotatable bonds is 3. The molecule has 2 aromatic carbocycles. The van der Waals surface area contributed by atoms with E-state index in [9.17, 15) is 8.42 Å². The van der Waals surface area contributed by atoms with Gasteiger partial charge in [0.05, 0.1) is 10.9 Å². The molecule has 0 amide bonds. The van der Waals surface area contributed by atoms with Crippen LogP contribution < -0.4 is 0 Å². The lowest BCUT2D eigenvalue weighted by Crippen LogP contribution is -2.28. The van der Waals surface area contributed by atoms with Gasteiger partial charge < -0.3 is 0 Å². The molecule has 1 radical (unpaired) electrons. The third-order valence-electron chi connectivity index (χ3n) is 3.56. The summed E-state index contributed by atoms with van der Waals surface area (Å²) in [6, 6.07) is 18.3. The Bertz CT molecular complexity index is 668. The van der Waals surface area contributed by atoms with Crippen LogP contribution in [-0.4, -0.2) is 12.7 Å². The van der Waals surface area contributed by atoms with Crippen molar-refractivity contribution in [3.05, 3.63) is 72.8 Å². The molecule has 103 valence electrons. The predicted molar refractivity (Wildman–Crippen MR) is 78.2 cm³/mol. The molecule has 1 aliphatic rings. The number of benzene rings is 2. The Morgan fingerprint density at radius 3 is 2.15 bits per heavy atom. The molecule has 1 heterocycles. The highest BCUT2D eigenvalue weighted by Crippen LogP contribution is 2.38. The van der Waals surface area contributed by atoms with E-state index < -0.39 is 10.0 Å². The standard InChI is InChI=1S/C16H16NO2S/c18-20(19,15-10-5-2-6-11-15)17-13-7-12-16(17)14-8-3-1-4-9-14/h1-6,8-11,13,16H,7,12H2. The van der Waals surface area contributed by atoms with Gasteiger partial charge in [-0.2, -0.15) is 4.31 Å². The van der Waals surface area contributed by atoms with Crippen LogP contribution in [0.3, 0.4) is 0 Å². The highest BCUT2D eigenvalue weighted by atomic mass is 32.2. The zero-order chi connectivity index (χ0) is 14.0. The second-order valence-electron chi connectivity index (χ2n) is 4.83. The summed E-state index contributed by atoms with van der Waals surface area (Å²) in [4.78, 5) is 0.346. The molecule has 1 unspecified atom stereocenters. The quantitative estimate of drug-likeness (QED) is 0.867. The molecule has 0 aliphatic carbocycles. The first-order chi connectivity index (χ1) is 9.69. The summed E-state index contributed by atoms with van der Waals surface area (Å²) < 4.78 is 26.9. The van der Waals surface area contributed by atoms with E-state index in [-0.39, 0.29) is 6.04 Å². The number of hydrogen-bond donors (Lipinski definition) is 0. The minimum atomic E-state index is -3.46. The Morgan fingerprint density at radius 2 is 1.50 bits per heavy atom. The minimum Gasteiger partial charge on any atom is -0.207 e. The zero-order valence-electron chi connectivity index (χ0n) is 11.0. The van der Waals surface area contributed by atoms with Gasteiger partial charge in [0.25, 0.3) is 0 Å². The van der Waals surface area contributed by atoms with Crippen LogP contribution in [0.15, 0.2) is 65.6 Å². The molecule has 0 N–H and O–H groups in total. The van der Waals surface area contributed by atoms with E-state index in [1.165, 1.54) is 4.31 Å². The van der Waals surface area contributed by atoms with Crippen LogP contribution in [-0.2, 0) is 10.0 Å². The van der Waals surface area contributed by atoms with Crippen molar-refractivity contribution in [2.75, 3.05) is 0 Å². The monoisotopic (exact) mass is 286 g/mol. The molecular formula is C16H16NO2S. The molecule has 3 nitrogen and oxygen atoms in total. The summed E-state index contributed by atoms with van der Waals surface area (Å²) in [5, 5.41) is 0. The van der Waals surface area contributed by atoms with Crippen molar-refractivity contribution in [1.82, 2.24) is 4.31 Å². The lowest BCUT2D eigenvalue weighted by molar-refractivity contribution is 0.426. The molecule has 2 aromatic rings. The normalized spacial score (nSPS) is 20.1. The van der Waals surface area contributed by atoms with Crippen LogP contribution in [0.1, 0.15) is 24.4 Å². The third-order valence-corrected chi connectivity index (χ3v) is 5.39. The van der Waals surface area contributed by atoms with Gasteiger partial charge >= 0.3 is 0 Å². The SMILES string of the molecule is O=S(=O)(c1ccccc1)N1[CH]CCC1c1ccccc1. The van der Waals surface area contributed by atoms with Crippen molar-refractivity contribution in [2.24, 2.45) is 0 Å². The fourth-order valence-corrected chi connectivity index (χ4v) is 4.19. The molecule has 4 heteroatoms. The number of sulfonamides is 1. The van der Waals surface area contributed by atoms with Gasteiger partial charge in [0.2, 0.25) is 10.0 Å². The molecule has 0 spiro atoms. The van der Waals surface area contributed by atoms with Crippen molar-refractivity contribution >= 4 is 10.0 Å². The van der Waals surface area contributed by atoms with Crippen LogP contribution in [0, 0.1) is 6.54 Å². The van der Waals surface area contributed by atoms with E-state index in [0.717, 1.165) is 18.4 Å². The summed E-state index contributed by atoms with van der Waals surface area (Å²) in [7, 11) is -3.46. The second-order valence-corrected chi connectivity index (χ2v) is 6.68. The first-order valence-corrected chi connectivity index (χ1v) is 8.10. The fourth-order valence-electron chi connectivity index (χ4n) is 2.58. The van der Waals surface area contributed by atoms with Gasteiger partial charge in [0.1, 0.15) is 0 Å². The maximum absolute atomic E-state index is 12.7. The van der Waals surface area contributed by atoms with E-state index in [0.29, 0.717) is 4.90 Å². The first-order valence-electron chi connectivity index (χ1n) is 6.66. The molecule has 0 bridgehead atoms. The molecule has 20 heavy (non-hydrogen) atoms. The Hall–Kier alpha value is -1.65. The Labute approximate surface area is 119 Å². The van der Waals surface area contributed by atoms with Crippen LogP contribution in [0.5, 0.6) is 0 Å². The van der Waals surface area contributed by atoms with Gasteiger partial charge in [-0.15, -0.1) is 0 Å². The molecular weight excluding hydrogens is 270 g/mol. The molecule has 1 atom stereocenters. The lowest BCUT2D eigenvalue weighted by atomic mass is 10.1. The molecule has 1 fully saturated rings. The van der Waals surface area contributed by atoms with E-state index >= 15 is 0 Å². The maximum atomic E-state index is 12.7. The van der Waals surface area contributed by atoms with E-state index in [2.05, 4.69) is 0 Å². The van der Waals surface area contributed by atoms with E-state index in [1.807, 2.05) is 36.4 Å². The van der Waals surface area contributed by atoms with Crippen LogP contribution >= 0.6 is 0 Å². The lowest BCUT2D eigenvalue weighted by Gasteiger charge is -2.24. The molecule has 3 rings (SSSR count). The topological polar surface area (TPSA) is 37.4 Å². The maximum Gasteiger partial charge on any atom is 0.243 e. The largest absolute Gasteiger partial charge is 0.243 e. The van der Waals surface area contributed by atoms with Crippen molar-refractivity contribution in [1.29, 1.82) is 0 Å². The summed E-state index contributed by atoms with van der Waals surface area (Å²) in [5.74, 6) is 0. The van der Waals surface area contributed by atoms with Gasteiger partial charge in [-0.3, -0.25) is 0 Å². The van der Waals surface area contributed by atoms with Gasteiger partial charge in [-0.05, 0) is 30.5 Å². The van der Waals surface area contributed by atoms with Crippen molar-refractivity contribution < 1.29 is 8.42 Å². The van der Waals surface area contributed by atoms with E-state index in [4.69, 9.17) is 0 Å². The van der Waals surface area contributed by atoms with Crippen molar-refractivity contribution in [3.8, 4) is 0 Å². The number of nitrogens with zero attached hydrogens (tertiary/aromatic N) is 1. The summed E-state index contributed by atoms with van der Waals surface area (Å²) in [6.45, 7) is 1.79.